The van der Waals surface area contributed by atoms with E-state index >= 15 is 0 Å². The van der Waals surface area contributed by atoms with Crippen LogP contribution in [0.4, 0.5) is 5.69 Å². The number of nitrogen functional groups attached to an aromatic ring is 1. The zero-order valence-corrected chi connectivity index (χ0v) is 11.0. The van der Waals surface area contributed by atoms with Crippen LogP contribution in [0.2, 0.25) is 0 Å². The van der Waals surface area contributed by atoms with Gasteiger partial charge in [0.15, 0.2) is 0 Å². The van der Waals surface area contributed by atoms with E-state index in [0.29, 0.717) is 11.5 Å². The molecule has 3 N–H and O–H groups in total. The number of aryl methyl sites for hydroxylation is 2. The van der Waals surface area contributed by atoms with Crippen LogP contribution in [0.25, 0.3) is 11.0 Å². The Morgan fingerprint density at radius 1 is 1.20 bits per heavy atom. The van der Waals surface area contributed by atoms with Gasteiger partial charge in [-0.3, -0.25) is 4.98 Å². The minimum absolute atomic E-state index is 0.0865. The SMILES string of the molecule is Nc1ccc2c(c1)nc(CO)n2CCc1ccccn1. The summed E-state index contributed by atoms with van der Waals surface area (Å²) in [6.07, 6.45) is 2.58. The Morgan fingerprint density at radius 2 is 2.10 bits per heavy atom. The number of nitrogens with zero attached hydrogens (tertiary/aromatic N) is 3. The number of hydrogen-bond acceptors (Lipinski definition) is 4. The van der Waals surface area contributed by atoms with Crippen molar-refractivity contribution < 1.29 is 5.11 Å². The summed E-state index contributed by atoms with van der Waals surface area (Å²) in [5.41, 5.74) is 9.27. The van der Waals surface area contributed by atoms with E-state index in [-0.39, 0.29) is 6.61 Å². The summed E-state index contributed by atoms with van der Waals surface area (Å²) in [4.78, 5) is 8.73. The molecule has 2 heterocycles. The molecule has 20 heavy (non-hydrogen) atoms. The van der Waals surface area contributed by atoms with E-state index in [1.165, 1.54) is 0 Å². The van der Waals surface area contributed by atoms with Gasteiger partial charge < -0.3 is 15.4 Å². The van der Waals surface area contributed by atoms with Gasteiger partial charge in [0.25, 0.3) is 0 Å². The molecule has 0 fully saturated rings. The third-order valence-corrected chi connectivity index (χ3v) is 3.31. The molecule has 0 amide bonds. The number of aliphatic hydroxyl groups excluding tert-OH is 1. The van der Waals surface area contributed by atoms with E-state index in [4.69, 9.17) is 5.73 Å². The molecule has 0 aliphatic rings. The first-order chi connectivity index (χ1) is 9.78. The second-order valence-electron chi connectivity index (χ2n) is 4.66. The number of rotatable bonds is 4. The number of hydrogen-bond donors (Lipinski definition) is 2. The van der Waals surface area contributed by atoms with Crippen LogP contribution < -0.4 is 5.73 Å². The number of anilines is 1. The van der Waals surface area contributed by atoms with Gasteiger partial charge in [0.05, 0.1) is 11.0 Å². The number of fused-ring (bicyclic) bond motifs is 1. The van der Waals surface area contributed by atoms with Crippen molar-refractivity contribution in [3.63, 3.8) is 0 Å². The minimum Gasteiger partial charge on any atom is -0.399 e. The molecule has 1 aromatic carbocycles. The van der Waals surface area contributed by atoms with Gasteiger partial charge in [-0.25, -0.2) is 4.98 Å². The highest BCUT2D eigenvalue weighted by Crippen LogP contribution is 2.19. The standard InChI is InChI=1S/C15H16N4O/c16-11-4-5-14-13(9-11)18-15(10-20)19(14)8-6-12-3-1-2-7-17-12/h1-5,7,9,20H,6,8,10,16H2. The molecular weight excluding hydrogens is 252 g/mol. The molecule has 102 valence electrons. The number of benzene rings is 1. The van der Waals surface area contributed by atoms with Crippen LogP contribution >= 0.6 is 0 Å². The van der Waals surface area contributed by atoms with Crippen LogP contribution in [0, 0.1) is 0 Å². The maximum absolute atomic E-state index is 9.46. The highest BCUT2D eigenvalue weighted by atomic mass is 16.3. The molecule has 0 aliphatic heterocycles. The van der Waals surface area contributed by atoms with Crippen LogP contribution in [0.5, 0.6) is 0 Å². The lowest BCUT2D eigenvalue weighted by Gasteiger charge is -2.07. The Hall–Kier alpha value is -2.40. The highest BCUT2D eigenvalue weighted by Gasteiger charge is 2.10. The lowest BCUT2D eigenvalue weighted by atomic mass is 10.2. The predicted octanol–water partition coefficient (Wildman–Crippen LogP) is 1.75. The summed E-state index contributed by atoms with van der Waals surface area (Å²) in [5.74, 6) is 0.654. The van der Waals surface area contributed by atoms with Gasteiger partial charge in [0, 0.05) is 30.5 Å². The number of imidazole rings is 1. The van der Waals surface area contributed by atoms with Crippen LogP contribution in [-0.4, -0.2) is 19.6 Å². The summed E-state index contributed by atoms with van der Waals surface area (Å²) >= 11 is 0. The molecule has 5 heteroatoms. The molecule has 0 spiro atoms. The number of nitrogens with two attached hydrogens (primary N) is 1. The maximum atomic E-state index is 9.46. The Bertz CT molecular complexity index is 721. The lowest BCUT2D eigenvalue weighted by molar-refractivity contribution is 0.266. The third kappa shape index (κ3) is 2.35. The second-order valence-corrected chi connectivity index (χ2v) is 4.66. The molecule has 0 saturated carbocycles. The normalized spacial score (nSPS) is 11.1. The quantitative estimate of drug-likeness (QED) is 0.707. The first-order valence-corrected chi connectivity index (χ1v) is 6.53. The zero-order chi connectivity index (χ0) is 13.9. The second kappa shape index (κ2) is 5.30. The van der Waals surface area contributed by atoms with Crippen LogP contribution in [0.1, 0.15) is 11.5 Å². The Morgan fingerprint density at radius 3 is 2.85 bits per heavy atom. The Balaban J connectivity index is 1.93. The van der Waals surface area contributed by atoms with E-state index in [2.05, 4.69) is 9.97 Å². The van der Waals surface area contributed by atoms with Crippen molar-refractivity contribution in [2.75, 3.05) is 5.73 Å². The molecule has 0 bridgehead atoms. The summed E-state index contributed by atoms with van der Waals surface area (Å²) in [6, 6.07) is 11.5. The fourth-order valence-corrected chi connectivity index (χ4v) is 2.34. The van der Waals surface area contributed by atoms with Gasteiger partial charge in [0.2, 0.25) is 0 Å². The smallest absolute Gasteiger partial charge is 0.135 e. The number of aromatic nitrogens is 3. The fourth-order valence-electron chi connectivity index (χ4n) is 2.34. The average molecular weight is 268 g/mol. The van der Waals surface area contributed by atoms with Crippen LogP contribution in [0.15, 0.2) is 42.6 Å². The topological polar surface area (TPSA) is 77.0 Å². The van der Waals surface area contributed by atoms with Crippen molar-refractivity contribution in [3.8, 4) is 0 Å². The first kappa shape index (κ1) is 12.6. The molecule has 5 nitrogen and oxygen atoms in total. The maximum Gasteiger partial charge on any atom is 0.135 e. The van der Waals surface area contributed by atoms with Crippen molar-refractivity contribution in [2.45, 2.75) is 19.6 Å². The highest BCUT2D eigenvalue weighted by molar-refractivity contribution is 5.79. The summed E-state index contributed by atoms with van der Waals surface area (Å²) in [7, 11) is 0. The fraction of sp³-hybridized carbons (Fsp3) is 0.200. The molecule has 0 aliphatic carbocycles. The van der Waals surface area contributed by atoms with Gasteiger partial charge >= 0.3 is 0 Å². The monoisotopic (exact) mass is 268 g/mol. The van der Waals surface area contributed by atoms with E-state index in [9.17, 15) is 5.11 Å². The van der Waals surface area contributed by atoms with Crippen molar-refractivity contribution >= 4 is 16.7 Å². The Labute approximate surface area is 116 Å². The Kier molecular flexibility index (Phi) is 3.35. The number of pyridine rings is 1. The molecule has 0 atom stereocenters. The van der Waals surface area contributed by atoms with Gasteiger partial charge in [-0.05, 0) is 30.3 Å². The van der Waals surface area contributed by atoms with E-state index in [1.807, 2.05) is 41.0 Å². The molecule has 3 rings (SSSR count). The van der Waals surface area contributed by atoms with Gasteiger partial charge in [-0.1, -0.05) is 6.07 Å². The van der Waals surface area contributed by atoms with Gasteiger partial charge in [-0.2, -0.15) is 0 Å². The molecule has 0 radical (unpaired) electrons. The lowest BCUT2D eigenvalue weighted by Crippen LogP contribution is -2.07. The van der Waals surface area contributed by atoms with E-state index in [1.54, 1.807) is 6.20 Å². The summed E-state index contributed by atoms with van der Waals surface area (Å²) in [5, 5.41) is 9.46. The summed E-state index contributed by atoms with van der Waals surface area (Å²) in [6.45, 7) is 0.643. The van der Waals surface area contributed by atoms with Crippen LogP contribution in [0.3, 0.4) is 0 Å². The van der Waals surface area contributed by atoms with Gasteiger partial charge in [-0.15, -0.1) is 0 Å². The third-order valence-electron chi connectivity index (χ3n) is 3.31. The molecule has 0 saturated heterocycles. The summed E-state index contributed by atoms with van der Waals surface area (Å²) < 4.78 is 2.02. The molecular formula is C15H16N4O. The zero-order valence-electron chi connectivity index (χ0n) is 11.0. The molecule has 0 unspecified atom stereocenters. The minimum atomic E-state index is -0.0865. The van der Waals surface area contributed by atoms with Crippen molar-refractivity contribution in [2.24, 2.45) is 0 Å². The van der Waals surface area contributed by atoms with E-state index < -0.39 is 0 Å². The van der Waals surface area contributed by atoms with Crippen molar-refractivity contribution in [1.82, 2.24) is 14.5 Å². The van der Waals surface area contributed by atoms with Crippen LogP contribution in [-0.2, 0) is 19.6 Å². The van der Waals surface area contributed by atoms with Crippen molar-refractivity contribution in [1.29, 1.82) is 0 Å². The molecule has 3 aromatic rings. The van der Waals surface area contributed by atoms with Gasteiger partial charge in [0.1, 0.15) is 12.4 Å². The average Bonchev–Trinajstić information content (AvgIpc) is 2.83. The first-order valence-electron chi connectivity index (χ1n) is 6.53. The predicted molar refractivity (Wildman–Crippen MR) is 78.0 cm³/mol. The largest absolute Gasteiger partial charge is 0.399 e. The number of aliphatic hydroxyl groups is 1. The molecule has 2 aromatic heterocycles. The van der Waals surface area contributed by atoms with Crippen molar-refractivity contribution in [3.05, 3.63) is 54.1 Å². The van der Waals surface area contributed by atoms with E-state index in [0.717, 1.165) is 29.7 Å².